The van der Waals surface area contributed by atoms with Crippen LogP contribution in [0.4, 0.5) is 0 Å². The Kier molecular flexibility index (Phi) is 4.99. The predicted molar refractivity (Wildman–Crippen MR) is 64.6 cm³/mol. The van der Waals surface area contributed by atoms with Crippen molar-refractivity contribution in [2.45, 2.75) is 20.3 Å². The van der Waals surface area contributed by atoms with Crippen molar-refractivity contribution in [3.8, 4) is 0 Å². The number of rotatable bonds is 6. The lowest BCUT2D eigenvalue weighted by Crippen LogP contribution is -2.27. The highest BCUT2D eigenvalue weighted by Crippen LogP contribution is 2.04. The maximum atomic E-state index is 10.6. The molecule has 88 valence electrons. The summed E-state index contributed by atoms with van der Waals surface area (Å²) in [7, 11) is 0. The third kappa shape index (κ3) is 4.45. The molecule has 0 radical (unpaired) electrons. The zero-order valence-electron chi connectivity index (χ0n) is 9.86. The molecule has 0 spiro atoms. The quantitative estimate of drug-likeness (QED) is 0.721. The van der Waals surface area contributed by atoms with Crippen LogP contribution in [0.3, 0.4) is 0 Å². The molecule has 1 rings (SSSR count). The van der Waals surface area contributed by atoms with Gasteiger partial charge in [-0.1, -0.05) is 36.8 Å². The van der Waals surface area contributed by atoms with E-state index in [0.29, 0.717) is 6.54 Å². The monoisotopic (exact) mass is 221 g/mol. The molecule has 1 aromatic carbocycles. The topological polar surface area (TPSA) is 49.3 Å². The van der Waals surface area contributed by atoms with Gasteiger partial charge in [0, 0.05) is 6.54 Å². The average molecular weight is 221 g/mol. The molecule has 1 unspecified atom stereocenters. The van der Waals surface area contributed by atoms with Gasteiger partial charge in [-0.25, -0.2) is 0 Å². The Hall–Kier alpha value is -1.35. The third-order valence-electron chi connectivity index (χ3n) is 2.55. The molecule has 0 aromatic heterocycles. The van der Waals surface area contributed by atoms with Crippen molar-refractivity contribution in [1.82, 2.24) is 5.32 Å². The minimum atomic E-state index is -0.747. The number of benzene rings is 1. The molecule has 0 aliphatic carbocycles. The summed E-state index contributed by atoms with van der Waals surface area (Å²) in [6, 6.07) is 8.37. The van der Waals surface area contributed by atoms with Crippen LogP contribution in [0.15, 0.2) is 24.3 Å². The average Bonchev–Trinajstić information content (AvgIpc) is 2.24. The fourth-order valence-corrected chi connectivity index (χ4v) is 1.51. The Morgan fingerprint density at radius 3 is 2.88 bits per heavy atom. The number of carboxylic acids is 1. The molecule has 0 bridgehead atoms. The highest BCUT2D eigenvalue weighted by Gasteiger charge is 2.08. The summed E-state index contributed by atoms with van der Waals surface area (Å²) in [6.07, 6.45) is 0.939. The molecule has 1 atom stereocenters. The fourth-order valence-electron chi connectivity index (χ4n) is 1.51. The van der Waals surface area contributed by atoms with E-state index in [0.717, 1.165) is 13.0 Å². The van der Waals surface area contributed by atoms with Gasteiger partial charge >= 0.3 is 5.97 Å². The van der Waals surface area contributed by atoms with Crippen LogP contribution in [0.25, 0.3) is 0 Å². The number of carboxylic acid groups (broad SMARTS) is 1. The SMILES string of the molecule is Cc1cccc(CCNCC(C)C(=O)O)c1. The molecular weight excluding hydrogens is 202 g/mol. The smallest absolute Gasteiger partial charge is 0.307 e. The summed E-state index contributed by atoms with van der Waals surface area (Å²) in [5.41, 5.74) is 2.55. The van der Waals surface area contributed by atoms with Gasteiger partial charge in [-0.15, -0.1) is 0 Å². The van der Waals surface area contributed by atoms with Gasteiger partial charge in [-0.2, -0.15) is 0 Å². The van der Waals surface area contributed by atoms with Gasteiger partial charge in [0.1, 0.15) is 0 Å². The van der Waals surface area contributed by atoms with E-state index in [1.54, 1.807) is 6.92 Å². The largest absolute Gasteiger partial charge is 0.481 e. The van der Waals surface area contributed by atoms with Crippen molar-refractivity contribution in [3.63, 3.8) is 0 Å². The third-order valence-corrected chi connectivity index (χ3v) is 2.55. The lowest BCUT2D eigenvalue weighted by molar-refractivity contribution is -0.140. The Labute approximate surface area is 96.5 Å². The molecule has 0 saturated carbocycles. The van der Waals surface area contributed by atoms with Crippen LogP contribution in [-0.4, -0.2) is 24.2 Å². The Morgan fingerprint density at radius 1 is 1.50 bits per heavy atom. The summed E-state index contributed by atoms with van der Waals surface area (Å²) in [4.78, 5) is 10.6. The van der Waals surface area contributed by atoms with E-state index in [1.165, 1.54) is 11.1 Å². The molecular formula is C13H19NO2. The maximum Gasteiger partial charge on any atom is 0.307 e. The van der Waals surface area contributed by atoms with E-state index < -0.39 is 5.97 Å². The molecule has 0 saturated heterocycles. The lowest BCUT2D eigenvalue weighted by Gasteiger charge is -2.08. The second-order valence-electron chi connectivity index (χ2n) is 4.18. The Balaban J connectivity index is 2.23. The van der Waals surface area contributed by atoms with E-state index in [-0.39, 0.29) is 5.92 Å². The molecule has 0 fully saturated rings. The van der Waals surface area contributed by atoms with Crippen LogP contribution in [0, 0.1) is 12.8 Å². The van der Waals surface area contributed by atoms with Crippen LogP contribution < -0.4 is 5.32 Å². The van der Waals surface area contributed by atoms with E-state index in [1.807, 2.05) is 6.07 Å². The zero-order valence-corrected chi connectivity index (χ0v) is 9.86. The van der Waals surface area contributed by atoms with Gasteiger partial charge in [0.25, 0.3) is 0 Å². The van der Waals surface area contributed by atoms with Gasteiger partial charge in [0.15, 0.2) is 0 Å². The van der Waals surface area contributed by atoms with Gasteiger partial charge in [0.05, 0.1) is 5.92 Å². The number of aryl methyl sites for hydroxylation is 1. The van der Waals surface area contributed by atoms with Crippen molar-refractivity contribution < 1.29 is 9.90 Å². The highest BCUT2D eigenvalue weighted by molar-refractivity contribution is 5.69. The molecule has 0 heterocycles. The second kappa shape index (κ2) is 6.28. The molecule has 0 amide bonds. The van der Waals surface area contributed by atoms with E-state index in [9.17, 15) is 4.79 Å². The fraction of sp³-hybridized carbons (Fsp3) is 0.462. The first-order valence-electron chi connectivity index (χ1n) is 5.58. The molecule has 0 aliphatic heterocycles. The number of hydrogen-bond acceptors (Lipinski definition) is 2. The predicted octanol–water partition coefficient (Wildman–Crippen LogP) is 1.85. The minimum Gasteiger partial charge on any atom is -0.481 e. The van der Waals surface area contributed by atoms with E-state index in [4.69, 9.17) is 5.11 Å². The molecule has 16 heavy (non-hydrogen) atoms. The van der Waals surface area contributed by atoms with Crippen molar-refractivity contribution >= 4 is 5.97 Å². The molecule has 1 aromatic rings. The first-order valence-corrected chi connectivity index (χ1v) is 5.58. The zero-order chi connectivity index (χ0) is 12.0. The van der Waals surface area contributed by atoms with Crippen molar-refractivity contribution in [1.29, 1.82) is 0 Å². The Morgan fingerprint density at radius 2 is 2.25 bits per heavy atom. The summed E-state index contributed by atoms with van der Waals surface area (Å²) in [5.74, 6) is -1.07. The second-order valence-corrected chi connectivity index (χ2v) is 4.18. The molecule has 2 N–H and O–H groups in total. The number of aliphatic carboxylic acids is 1. The number of hydrogen-bond donors (Lipinski definition) is 2. The van der Waals surface area contributed by atoms with Crippen LogP contribution in [0.1, 0.15) is 18.1 Å². The lowest BCUT2D eigenvalue weighted by atomic mass is 10.1. The normalized spacial score (nSPS) is 12.4. The van der Waals surface area contributed by atoms with E-state index in [2.05, 4.69) is 30.4 Å². The van der Waals surface area contributed by atoms with Gasteiger partial charge < -0.3 is 10.4 Å². The van der Waals surface area contributed by atoms with Crippen molar-refractivity contribution in [3.05, 3.63) is 35.4 Å². The first-order chi connectivity index (χ1) is 7.59. The van der Waals surface area contributed by atoms with Crippen molar-refractivity contribution in [2.75, 3.05) is 13.1 Å². The van der Waals surface area contributed by atoms with Gasteiger partial charge in [-0.3, -0.25) is 4.79 Å². The molecule has 0 aliphatic rings. The standard InChI is InChI=1S/C13H19NO2/c1-10-4-3-5-12(8-10)6-7-14-9-11(2)13(15)16/h3-5,8,11,14H,6-7,9H2,1-2H3,(H,15,16). The van der Waals surface area contributed by atoms with Crippen molar-refractivity contribution in [2.24, 2.45) is 5.92 Å². The molecule has 3 nitrogen and oxygen atoms in total. The summed E-state index contributed by atoms with van der Waals surface area (Å²) in [5, 5.41) is 11.8. The minimum absolute atomic E-state index is 0.322. The van der Waals surface area contributed by atoms with Crippen LogP contribution >= 0.6 is 0 Å². The summed E-state index contributed by atoms with van der Waals surface area (Å²) >= 11 is 0. The van der Waals surface area contributed by atoms with Gasteiger partial charge in [0.2, 0.25) is 0 Å². The number of carbonyl (C=O) groups is 1. The van der Waals surface area contributed by atoms with Crippen LogP contribution in [-0.2, 0) is 11.2 Å². The maximum absolute atomic E-state index is 10.6. The van der Waals surface area contributed by atoms with E-state index >= 15 is 0 Å². The van der Waals surface area contributed by atoms with Crippen LogP contribution in [0.2, 0.25) is 0 Å². The number of nitrogens with one attached hydrogen (secondary N) is 1. The van der Waals surface area contributed by atoms with Gasteiger partial charge in [-0.05, 0) is 25.5 Å². The first kappa shape index (κ1) is 12.7. The summed E-state index contributed by atoms with van der Waals surface area (Å²) in [6.45, 7) is 5.13. The molecule has 3 heteroatoms. The highest BCUT2D eigenvalue weighted by atomic mass is 16.4. The van der Waals surface area contributed by atoms with Crippen LogP contribution in [0.5, 0.6) is 0 Å². The Bertz CT molecular complexity index is 350. The summed E-state index contributed by atoms with van der Waals surface area (Å²) < 4.78 is 0.